The highest BCUT2D eigenvalue weighted by molar-refractivity contribution is 4.57. The average molecular weight is 145 g/mol. The van der Waals surface area contributed by atoms with Crippen LogP contribution in [0.4, 0.5) is 0 Å². The Bertz CT molecular complexity index is 81.3. The SMILES string of the molecule is CC(C)OCC(C)N(C)C. The Balaban J connectivity index is 3.30. The summed E-state index contributed by atoms with van der Waals surface area (Å²) in [5.41, 5.74) is 0. The molecule has 0 N–H and O–H groups in total. The second kappa shape index (κ2) is 4.69. The third-order valence-corrected chi connectivity index (χ3v) is 1.55. The fourth-order valence-electron chi connectivity index (χ4n) is 0.481. The number of ether oxygens (including phenoxy) is 1. The summed E-state index contributed by atoms with van der Waals surface area (Å²) in [6.07, 6.45) is 0.349. The third-order valence-electron chi connectivity index (χ3n) is 1.55. The van der Waals surface area contributed by atoms with Crippen LogP contribution in [0.2, 0.25) is 0 Å². The van der Waals surface area contributed by atoms with E-state index in [1.54, 1.807) is 0 Å². The fourth-order valence-corrected chi connectivity index (χ4v) is 0.481. The van der Waals surface area contributed by atoms with Crippen LogP contribution in [0, 0.1) is 0 Å². The van der Waals surface area contributed by atoms with Crippen LogP contribution in [0.3, 0.4) is 0 Å². The molecule has 0 heterocycles. The van der Waals surface area contributed by atoms with E-state index in [0.29, 0.717) is 12.1 Å². The lowest BCUT2D eigenvalue weighted by molar-refractivity contribution is 0.0434. The van der Waals surface area contributed by atoms with Crippen molar-refractivity contribution in [3.8, 4) is 0 Å². The topological polar surface area (TPSA) is 12.5 Å². The van der Waals surface area contributed by atoms with E-state index < -0.39 is 0 Å². The van der Waals surface area contributed by atoms with Gasteiger partial charge in [0.05, 0.1) is 12.7 Å². The van der Waals surface area contributed by atoms with Crippen LogP contribution in [0.1, 0.15) is 20.8 Å². The first-order valence-electron chi connectivity index (χ1n) is 3.82. The first-order chi connectivity index (χ1) is 4.54. The highest BCUT2D eigenvalue weighted by atomic mass is 16.5. The minimum absolute atomic E-state index is 0.349. The number of hydrogen-bond donors (Lipinski definition) is 0. The molecule has 0 aromatic carbocycles. The predicted octanol–water partition coefficient (Wildman–Crippen LogP) is 1.36. The highest BCUT2D eigenvalue weighted by Crippen LogP contribution is 1.95. The molecule has 0 fully saturated rings. The molecule has 0 aromatic rings. The first kappa shape index (κ1) is 9.92. The van der Waals surface area contributed by atoms with Gasteiger partial charge in [-0.25, -0.2) is 0 Å². The fraction of sp³-hybridized carbons (Fsp3) is 1.00. The molecule has 1 unspecified atom stereocenters. The zero-order valence-electron chi connectivity index (χ0n) is 7.72. The van der Waals surface area contributed by atoms with Crippen LogP contribution in [-0.2, 0) is 4.74 Å². The van der Waals surface area contributed by atoms with Gasteiger partial charge in [-0.05, 0) is 34.9 Å². The Morgan fingerprint density at radius 2 is 1.70 bits per heavy atom. The van der Waals surface area contributed by atoms with Gasteiger partial charge in [-0.15, -0.1) is 0 Å². The van der Waals surface area contributed by atoms with E-state index in [9.17, 15) is 0 Å². The Kier molecular flexibility index (Phi) is 4.65. The zero-order chi connectivity index (χ0) is 8.15. The van der Waals surface area contributed by atoms with Crippen molar-refractivity contribution in [3.05, 3.63) is 0 Å². The van der Waals surface area contributed by atoms with Gasteiger partial charge in [0.1, 0.15) is 0 Å². The van der Waals surface area contributed by atoms with Crippen molar-refractivity contribution in [2.24, 2.45) is 0 Å². The van der Waals surface area contributed by atoms with Crippen LogP contribution in [0.5, 0.6) is 0 Å². The standard InChI is InChI=1S/C8H19NO/c1-7(2)10-6-8(3)9(4)5/h7-8H,6H2,1-5H3. The number of nitrogens with zero attached hydrogens (tertiary/aromatic N) is 1. The molecular formula is C8H19NO. The molecule has 0 amide bonds. The van der Waals surface area contributed by atoms with Gasteiger partial charge in [-0.3, -0.25) is 0 Å². The van der Waals surface area contributed by atoms with E-state index in [2.05, 4.69) is 39.8 Å². The zero-order valence-corrected chi connectivity index (χ0v) is 7.72. The minimum Gasteiger partial charge on any atom is -0.377 e. The van der Waals surface area contributed by atoms with Gasteiger partial charge in [0.2, 0.25) is 0 Å². The molecule has 0 aliphatic heterocycles. The van der Waals surface area contributed by atoms with Crippen molar-refractivity contribution in [3.63, 3.8) is 0 Å². The Hall–Kier alpha value is -0.0800. The summed E-state index contributed by atoms with van der Waals surface area (Å²) in [4.78, 5) is 2.16. The lowest BCUT2D eigenvalue weighted by atomic mass is 10.3. The van der Waals surface area contributed by atoms with E-state index in [1.807, 2.05) is 0 Å². The summed E-state index contributed by atoms with van der Waals surface area (Å²) in [6.45, 7) is 7.10. The first-order valence-corrected chi connectivity index (χ1v) is 3.82. The van der Waals surface area contributed by atoms with Gasteiger partial charge >= 0.3 is 0 Å². The van der Waals surface area contributed by atoms with Crippen molar-refractivity contribution in [1.82, 2.24) is 4.90 Å². The summed E-state index contributed by atoms with van der Waals surface area (Å²) in [6, 6.07) is 0.516. The molecule has 0 aliphatic carbocycles. The molecule has 0 aromatic heterocycles. The molecular weight excluding hydrogens is 126 g/mol. The molecule has 2 nitrogen and oxygen atoms in total. The van der Waals surface area contributed by atoms with Gasteiger partial charge in [-0.2, -0.15) is 0 Å². The number of likely N-dealkylation sites (N-methyl/N-ethyl adjacent to an activating group) is 1. The summed E-state index contributed by atoms with van der Waals surface area (Å²) in [5, 5.41) is 0. The van der Waals surface area contributed by atoms with Crippen molar-refractivity contribution < 1.29 is 4.74 Å². The highest BCUT2D eigenvalue weighted by Gasteiger charge is 2.04. The van der Waals surface area contributed by atoms with E-state index in [0.717, 1.165) is 6.61 Å². The second-order valence-corrected chi connectivity index (χ2v) is 3.19. The lowest BCUT2D eigenvalue weighted by Crippen LogP contribution is -2.30. The maximum absolute atomic E-state index is 5.42. The molecule has 10 heavy (non-hydrogen) atoms. The van der Waals surface area contributed by atoms with Crippen LogP contribution in [0.25, 0.3) is 0 Å². The van der Waals surface area contributed by atoms with Gasteiger partial charge in [0.15, 0.2) is 0 Å². The molecule has 0 saturated heterocycles. The van der Waals surface area contributed by atoms with E-state index in [4.69, 9.17) is 4.74 Å². The molecule has 0 radical (unpaired) electrons. The smallest absolute Gasteiger partial charge is 0.0622 e. The summed E-state index contributed by atoms with van der Waals surface area (Å²) >= 11 is 0. The van der Waals surface area contributed by atoms with Crippen LogP contribution < -0.4 is 0 Å². The number of rotatable bonds is 4. The van der Waals surface area contributed by atoms with Crippen LogP contribution >= 0.6 is 0 Å². The third kappa shape index (κ3) is 4.77. The molecule has 62 valence electrons. The largest absolute Gasteiger partial charge is 0.377 e. The summed E-state index contributed by atoms with van der Waals surface area (Å²) < 4.78 is 5.42. The van der Waals surface area contributed by atoms with E-state index >= 15 is 0 Å². The van der Waals surface area contributed by atoms with Crippen molar-refractivity contribution >= 4 is 0 Å². The molecule has 0 rings (SSSR count). The van der Waals surface area contributed by atoms with Crippen molar-refractivity contribution in [2.75, 3.05) is 20.7 Å². The predicted molar refractivity (Wildman–Crippen MR) is 44.2 cm³/mol. The quantitative estimate of drug-likeness (QED) is 0.592. The lowest BCUT2D eigenvalue weighted by Gasteiger charge is -2.20. The van der Waals surface area contributed by atoms with Gasteiger partial charge in [-0.1, -0.05) is 0 Å². The molecule has 0 saturated carbocycles. The average Bonchev–Trinajstić information content (AvgIpc) is 1.82. The van der Waals surface area contributed by atoms with Crippen LogP contribution in [0.15, 0.2) is 0 Å². The van der Waals surface area contributed by atoms with Crippen molar-refractivity contribution in [2.45, 2.75) is 32.9 Å². The molecule has 0 bridgehead atoms. The minimum atomic E-state index is 0.349. The summed E-state index contributed by atoms with van der Waals surface area (Å²) in [7, 11) is 4.13. The van der Waals surface area contributed by atoms with Crippen LogP contribution in [-0.4, -0.2) is 37.7 Å². The normalized spacial score (nSPS) is 14.7. The monoisotopic (exact) mass is 145 g/mol. The van der Waals surface area contributed by atoms with Crippen molar-refractivity contribution in [1.29, 1.82) is 0 Å². The second-order valence-electron chi connectivity index (χ2n) is 3.19. The number of hydrogen-bond acceptors (Lipinski definition) is 2. The maximum Gasteiger partial charge on any atom is 0.0622 e. The molecule has 2 heteroatoms. The van der Waals surface area contributed by atoms with Gasteiger partial charge in [0, 0.05) is 6.04 Å². The molecule has 0 aliphatic rings. The van der Waals surface area contributed by atoms with E-state index in [1.165, 1.54) is 0 Å². The van der Waals surface area contributed by atoms with E-state index in [-0.39, 0.29) is 0 Å². The molecule has 1 atom stereocenters. The maximum atomic E-state index is 5.42. The summed E-state index contributed by atoms with van der Waals surface area (Å²) in [5.74, 6) is 0. The Morgan fingerprint density at radius 3 is 2.00 bits per heavy atom. The Morgan fingerprint density at radius 1 is 1.20 bits per heavy atom. The van der Waals surface area contributed by atoms with Gasteiger partial charge in [0.25, 0.3) is 0 Å². The Labute approximate surface area is 64.2 Å². The molecule has 0 spiro atoms. The van der Waals surface area contributed by atoms with Gasteiger partial charge < -0.3 is 9.64 Å².